The third-order valence-corrected chi connectivity index (χ3v) is 3.81. The van der Waals surface area contributed by atoms with Gasteiger partial charge in [0, 0.05) is 25.7 Å². The Labute approximate surface area is 122 Å². The van der Waals surface area contributed by atoms with E-state index in [4.69, 9.17) is 9.84 Å². The minimum atomic E-state index is -0.309. The van der Waals surface area contributed by atoms with Crippen LogP contribution in [0.25, 0.3) is 0 Å². The fourth-order valence-corrected chi connectivity index (χ4v) is 2.90. The van der Waals surface area contributed by atoms with Gasteiger partial charge in [0.1, 0.15) is 0 Å². The molecule has 0 aromatic carbocycles. The molecule has 2 N–H and O–H groups in total. The molecule has 1 rings (SSSR count). The van der Waals surface area contributed by atoms with Crippen molar-refractivity contribution in [2.45, 2.75) is 52.0 Å². The van der Waals surface area contributed by atoms with Gasteiger partial charge in [-0.3, -0.25) is 0 Å². The summed E-state index contributed by atoms with van der Waals surface area (Å²) in [6.45, 7) is 7.76. The molecular formula is C15H30N2O3. The minimum absolute atomic E-state index is 0.170. The predicted molar refractivity (Wildman–Crippen MR) is 79.7 cm³/mol. The van der Waals surface area contributed by atoms with Crippen LogP contribution in [-0.4, -0.2) is 55.0 Å². The van der Waals surface area contributed by atoms with Crippen molar-refractivity contribution in [2.75, 3.05) is 32.8 Å². The van der Waals surface area contributed by atoms with E-state index in [1.165, 1.54) is 12.8 Å². The highest BCUT2D eigenvalue weighted by Crippen LogP contribution is 2.21. The maximum atomic E-state index is 11.6. The maximum Gasteiger partial charge on any atom is 0.407 e. The molecule has 118 valence electrons. The number of hydrogen-bond acceptors (Lipinski definition) is 4. The van der Waals surface area contributed by atoms with Gasteiger partial charge >= 0.3 is 6.09 Å². The van der Waals surface area contributed by atoms with Gasteiger partial charge in [0.05, 0.1) is 6.61 Å². The molecule has 0 saturated carbocycles. The molecule has 0 aromatic rings. The van der Waals surface area contributed by atoms with Crippen LogP contribution in [0.5, 0.6) is 0 Å². The van der Waals surface area contributed by atoms with Crippen molar-refractivity contribution in [3.05, 3.63) is 0 Å². The molecule has 1 heterocycles. The number of rotatable bonds is 8. The lowest BCUT2D eigenvalue weighted by Gasteiger charge is -2.38. The molecule has 20 heavy (non-hydrogen) atoms. The van der Waals surface area contributed by atoms with Gasteiger partial charge in [-0.15, -0.1) is 0 Å². The van der Waals surface area contributed by atoms with E-state index in [2.05, 4.69) is 17.1 Å². The summed E-state index contributed by atoms with van der Waals surface area (Å²) < 4.78 is 4.97. The average molecular weight is 286 g/mol. The molecule has 1 aliphatic rings. The van der Waals surface area contributed by atoms with Crippen molar-refractivity contribution >= 4 is 6.09 Å². The van der Waals surface area contributed by atoms with Gasteiger partial charge in [0.15, 0.2) is 0 Å². The number of unbranched alkanes of at least 4 members (excludes halogenated alkanes) is 1. The Kier molecular flexibility index (Phi) is 8.62. The quantitative estimate of drug-likeness (QED) is 0.716. The van der Waals surface area contributed by atoms with Crippen LogP contribution in [0.15, 0.2) is 0 Å². The van der Waals surface area contributed by atoms with Gasteiger partial charge in [-0.2, -0.15) is 0 Å². The first kappa shape index (κ1) is 17.2. The van der Waals surface area contributed by atoms with E-state index in [9.17, 15) is 4.79 Å². The van der Waals surface area contributed by atoms with E-state index in [1.54, 1.807) is 0 Å². The summed E-state index contributed by atoms with van der Waals surface area (Å²) in [7, 11) is 0. The fourth-order valence-electron chi connectivity index (χ4n) is 2.90. The monoisotopic (exact) mass is 286 g/mol. The highest BCUT2D eigenvalue weighted by Gasteiger charge is 2.27. The van der Waals surface area contributed by atoms with E-state index in [0.29, 0.717) is 12.5 Å². The molecule has 5 nitrogen and oxygen atoms in total. The fraction of sp³-hybridized carbons (Fsp3) is 0.933. The number of nitrogens with one attached hydrogen (secondary N) is 1. The van der Waals surface area contributed by atoms with Crippen molar-refractivity contribution < 1.29 is 14.6 Å². The molecule has 1 fully saturated rings. The highest BCUT2D eigenvalue weighted by atomic mass is 16.5. The van der Waals surface area contributed by atoms with Crippen molar-refractivity contribution in [2.24, 2.45) is 5.92 Å². The molecular weight excluding hydrogens is 256 g/mol. The number of piperidine rings is 1. The second-order valence-corrected chi connectivity index (χ2v) is 5.64. The highest BCUT2D eigenvalue weighted by molar-refractivity contribution is 5.67. The molecule has 2 atom stereocenters. The molecule has 0 aromatic heterocycles. The zero-order valence-electron chi connectivity index (χ0n) is 12.9. The molecule has 2 unspecified atom stereocenters. The second-order valence-electron chi connectivity index (χ2n) is 5.64. The van der Waals surface area contributed by atoms with Gasteiger partial charge in [0.25, 0.3) is 0 Å². The number of likely N-dealkylation sites (tertiary alicyclic amines) is 1. The molecule has 0 radical (unpaired) electrons. The minimum Gasteiger partial charge on any atom is -0.450 e. The lowest BCUT2D eigenvalue weighted by atomic mass is 9.90. The van der Waals surface area contributed by atoms with Crippen LogP contribution in [0, 0.1) is 5.92 Å². The molecule has 1 saturated heterocycles. The SMILES string of the molecule is CCCCN1CC(CCCO)CC(NC(=O)OCC)C1. The van der Waals surface area contributed by atoms with Crippen molar-refractivity contribution in [3.8, 4) is 0 Å². The normalized spacial score (nSPS) is 23.6. The number of hydrogen-bond donors (Lipinski definition) is 2. The Morgan fingerprint density at radius 3 is 2.80 bits per heavy atom. The first-order valence-electron chi connectivity index (χ1n) is 7.96. The summed E-state index contributed by atoms with van der Waals surface area (Å²) in [5.41, 5.74) is 0. The standard InChI is InChI=1S/C15H30N2O3/c1-3-5-8-17-11-13(7-6-9-18)10-14(12-17)16-15(19)20-4-2/h13-14,18H,3-12H2,1-2H3,(H,16,19). The van der Waals surface area contributed by atoms with E-state index in [-0.39, 0.29) is 18.7 Å². The summed E-state index contributed by atoms with van der Waals surface area (Å²) >= 11 is 0. The molecule has 0 aliphatic carbocycles. The maximum absolute atomic E-state index is 11.6. The Bertz CT molecular complexity index is 258. The lowest BCUT2D eigenvalue weighted by Crippen LogP contribution is -2.51. The molecule has 1 amide bonds. The van der Waals surface area contributed by atoms with Crippen LogP contribution in [0.4, 0.5) is 4.79 Å². The van der Waals surface area contributed by atoms with E-state index < -0.39 is 0 Å². The number of ether oxygens (including phenoxy) is 1. The number of amides is 1. The molecule has 1 aliphatic heterocycles. The topological polar surface area (TPSA) is 61.8 Å². The Hall–Kier alpha value is -0.810. The van der Waals surface area contributed by atoms with Crippen LogP contribution in [-0.2, 0) is 4.74 Å². The first-order valence-corrected chi connectivity index (χ1v) is 7.96. The van der Waals surface area contributed by atoms with Crippen LogP contribution in [0.1, 0.15) is 46.0 Å². The van der Waals surface area contributed by atoms with Gasteiger partial charge in [-0.05, 0) is 45.1 Å². The smallest absolute Gasteiger partial charge is 0.407 e. The average Bonchev–Trinajstić information content (AvgIpc) is 2.43. The predicted octanol–water partition coefficient (Wildman–Crippen LogP) is 2.00. The largest absolute Gasteiger partial charge is 0.450 e. The van der Waals surface area contributed by atoms with Crippen LogP contribution < -0.4 is 5.32 Å². The summed E-state index contributed by atoms with van der Waals surface area (Å²) in [4.78, 5) is 14.0. The third-order valence-electron chi connectivity index (χ3n) is 3.81. The summed E-state index contributed by atoms with van der Waals surface area (Å²) in [5, 5.41) is 11.9. The van der Waals surface area contributed by atoms with E-state index in [1.807, 2.05) is 6.92 Å². The Balaban J connectivity index is 2.47. The number of aliphatic hydroxyl groups excluding tert-OH is 1. The lowest BCUT2D eigenvalue weighted by molar-refractivity contribution is 0.110. The van der Waals surface area contributed by atoms with Crippen molar-refractivity contribution in [3.63, 3.8) is 0 Å². The number of carbonyl (C=O) groups is 1. The summed E-state index contributed by atoms with van der Waals surface area (Å²) in [6.07, 6.45) is 4.93. The summed E-state index contributed by atoms with van der Waals surface area (Å²) in [5.74, 6) is 0.555. The second kappa shape index (κ2) is 10.00. The van der Waals surface area contributed by atoms with Gasteiger partial charge in [-0.1, -0.05) is 13.3 Å². The van der Waals surface area contributed by atoms with Gasteiger partial charge in [0.2, 0.25) is 0 Å². The van der Waals surface area contributed by atoms with Crippen molar-refractivity contribution in [1.82, 2.24) is 10.2 Å². The third kappa shape index (κ3) is 6.57. The number of aliphatic hydroxyl groups is 1. The number of carbonyl (C=O) groups excluding carboxylic acids is 1. The first-order chi connectivity index (χ1) is 9.69. The molecule has 5 heteroatoms. The summed E-state index contributed by atoms with van der Waals surface area (Å²) in [6, 6.07) is 0.170. The molecule has 0 spiro atoms. The molecule has 0 bridgehead atoms. The van der Waals surface area contributed by atoms with Crippen molar-refractivity contribution in [1.29, 1.82) is 0 Å². The zero-order valence-corrected chi connectivity index (χ0v) is 12.9. The number of nitrogens with zero attached hydrogens (tertiary/aromatic N) is 1. The van der Waals surface area contributed by atoms with E-state index in [0.717, 1.165) is 38.9 Å². The van der Waals surface area contributed by atoms with Gasteiger partial charge in [-0.25, -0.2) is 4.79 Å². The van der Waals surface area contributed by atoms with Crippen LogP contribution >= 0.6 is 0 Å². The zero-order chi connectivity index (χ0) is 14.8. The Morgan fingerprint density at radius 1 is 1.35 bits per heavy atom. The number of alkyl carbamates (subject to hydrolysis) is 1. The van der Waals surface area contributed by atoms with Gasteiger partial charge < -0.3 is 20.1 Å². The van der Waals surface area contributed by atoms with Crippen LogP contribution in [0.2, 0.25) is 0 Å². The Morgan fingerprint density at radius 2 is 2.15 bits per heavy atom. The van der Waals surface area contributed by atoms with E-state index >= 15 is 0 Å². The van der Waals surface area contributed by atoms with Crippen LogP contribution in [0.3, 0.4) is 0 Å².